The number of fused-ring (bicyclic) bond motifs is 16. The smallest absolute Gasteiger partial charge is 0.0737 e. The van der Waals surface area contributed by atoms with Crippen LogP contribution in [-0.2, 0) is 25.7 Å². The molecule has 4 N–H and O–H groups in total. The predicted molar refractivity (Wildman–Crippen MR) is 512 cm³/mol. The van der Waals surface area contributed by atoms with Crippen LogP contribution in [0.25, 0.3) is 157 Å². The lowest BCUT2D eigenvalue weighted by Gasteiger charge is -2.16. The molecule has 6 aromatic heterocycles. The third-order valence-electron chi connectivity index (χ3n) is 27.6. The molecule has 14 aromatic rings. The van der Waals surface area contributed by atoms with Crippen LogP contribution in [0.3, 0.4) is 0 Å². The number of H-pyrrole nitrogens is 4. The van der Waals surface area contributed by atoms with Crippen molar-refractivity contribution in [1.82, 2.24) is 39.9 Å². The van der Waals surface area contributed by atoms with Crippen molar-refractivity contribution in [3.8, 4) is 89.0 Å². The minimum Gasteiger partial charge on any atom is -0.354 e. The zero-order valence-corrected chi connectivity index (χ0v) is 74.8. The Hall–Kier alpha value is -12.5. The molecule has 0 unspecified atom stereocenters. The van der Waals surface area contributed by atoms with Gasteiger partial charge in [0.25, 0.3) is 0 Å². The van der Waals surface area contributed by atoms with E-state index in [0.717, 1.165) is 138 Å². The molecule has 0 atom stereocenters. The van der Waals surface area contributed by atoms with Crippen LogP contribution in [0.1, 0.15) is 179 Å². The van der Waals surface area contributed by atoms with Crippen LogP contribution in [0, 0.1) is 166 Å². The predicted octanol–water partition coefficient (Wildman–Crippen LogP) is 29.3. The largest absolute Gasteiger partial charge is 0.354 e. The number of aryl methyl sites for hydroxylation is 20. The van der Waals surface area contributed by atoms with Gasteiger partial charge in [0, 0.05) is 88.6 Å². The summed E-state index contributed by atoms with van der Waals surface area (Å²) in [6.07, 6.45) is 12.3. The van der Waals surface area contributed by atoms with Crippen LogP contribution in [0.5, 0.6) is 0 Å². The molecule has 10 heterocycles. The van der Waals surface area contributed by atoms with Crippen molar-refractivity contribution in [2.75, 3.05) is 0 Å². The lowest BCUT2D eigenvalue weighted by Crippen LogP contribution is -1.97. The van der Waals surface area contributed by atoms with Crippen LogP contribution in [0.15, 0.2) is 146 Å². The number of nitrogens with zero attached hydrogens (tertiary/aromatic N) is 4. The quantitative estimate of drug-likeness (QED) is 0.121. The molecular formula is C112H112N8. The van der Waals surface area contributed by atoms with E-state index in [0.29, 0.717) is 0 Å². The number of aromatic nitrogens is 8. The van der Waals surface area contributed by atoms with E-state index in [1.165, 1.54) is 200 Å². The molecule has 0 saturated carbocycles. The van der Waals surface area contributed by atoms with Gasteiger partial charge in [-0.2, -0.15) is 0 Å². The SMILES string of the molecule is Cc1ccc(C)c(-c2c3nc(c(-c4c(C)ccc(C)c4C)c4ccc([nH]4)c(-c4c(C)ccc(C)c4C)c4nc(c(-c5c(C)ccc(C)c5C)c5ccc2[nH]5)CC4)C=C3)c1C.Cc1ccc(C)c(-c2c3nc(c(-c4c(C)ccc(C)c4C)c4ccc([nH]4)c(-c4c(C)ccc(C)c4C)c4nc(c(-c5c(C)ccc(C)c5C)c5ccc2[nH]5)CC4)C=C3)c1C. The topological polar surface area (TPSA) is 115 Å². The van der Waals surface area contributed by atoms with Crippen LogP contribution in [-0.4, -0.2) is 39.9 Å². The fourth-order valence-electron chi connectivity index (χ4n) is 19.8. The minimum absolute atomic E-state index is 0.839. The Morgan fingerprint density at radius 3 is 0.442 bits per heavy atom. The molecule has 16 bridgehead atoms. The van der Waals surface area contributed by atoms with E-state index in [4.69, 9.17) is 19.9 Å². The number of hydrogen-bond donors (Lipinski definition) is 4. The van der Waals surface area contributed by atoms with Gasteiger partial charge >= 0.3 is 0 Å². The van der Waals surface area contributed by atoms with Crippen molar-refractivity contribution in [1.29, 1.82) is 0 Å². The first-order valence-electron chi connectivity index (χ1n) is 43.0. The molecule has 0 spiro atoms. The first-order chi connectivity index (χ1) is 57.5. The Kier molecular flexibility index (Phi) is 20.6. The highest BCUT2D eigenvalue weighted by atomic mass is 14.8. The van der Waals surface area contributed by atoms with Crippen molar-refractivity contribution >= 4 is 68.4 Å². The molecule has 120 heavy (non-hydrogen) atoms. The lowest BCUT2D eigenvalue weighted by atomic mass is 9.90. The number of aromatic amines is 4. The van der Waals surface area contributed by atoms with E-state index in [1.54, 1.807) is 0 Å². The molecule has 4 aliphatic rings. The number of hydrogen-bond acceptors (Lipinski definition) is 4. The summed E-state index contributed by atoms with van der Waals surface area (Å²) in [5.41, 5.74) is 66.2. The molecule has 600 valence electrons. The molecule has 4 aliphatic heterocycles. The van der Waals surface area contributed by atoms with E-state index in [2.05, 4.69) is 356 Å². The van der Waals surface area contributed by atoms with Gasteiger partial charge in [-0.15, -0.1) is 0 Å². The van der Waals surface area contributed by atoms with Crippen molar-refractivity contribution in [3.63, 3.8) is 0 Å². The van der Waals surface area contributed by atoms with Gasteiger partial charge in [-0.05, 0) is 443 Å². The summed E-state index contributed by atoms with van der Waals surface area (Å²) in [5, 5.41) is 0. The molecular weight excluding hydrogens is 1460 g/mol. The zero-order chi connectivity index (χ0) is 84.6. The summed E-state index contributed by atoms with van der Waals surface area (Å²) in [5.74, 6) is 0. The fourth-order valence-corrected chi connectivity index (χ4v) is 19.8. The second kappa shape index (κ2) is 31.0. The second-order valence-corrected chi connectivity index (χ2v) is 35.2. The second-order valence-electron chi connectivity index (χ2n) is 35.2. The molecule has 0 aliphatic carbocycles. The summed E-state index contributed by atoms with van der Waals surface area (Å²) in [4.78, 5) is 39.0. The molecule has 8 aromatic carbocycles. The summed E-state index contributed by atoms with van der Waals surface area (Å²) in [6.45, 7) is 53.7. The number of nitrogens with one attached hydrogen (secondary N) is 4. The van der Waals surface area contributed by atoms with Crippen LogP contribution in [0.4, 0.5) is 0 Å². The average molecular weight is 1570 g/mol. The summed E-state index contributed by atoms with van der Waals surface area (Å²) < 4.78 is 0. The van der Waals surface area contributed by atoms with Crippen LogP contribution < -0.4 is 0 Å². The normalized spacial score (nSPS) is 12.5. The van der Waals surface area contributed by atoms with Crippen molar-refractivity contribution < 1.29 is 0 Å². The van der Waals surface area contributed by atoms with Crippen molar-refractivity contribution in [2.24, 2.45) is 0 Å². The summed E-state index contributed by atoms with van der Waals surface area (Å²) in [6, 6.07) is 54.2. The van der Waals surface area contributed by atoms with Gasteiger partial charge in [-0.25, -0.2) is 9.97 Å². The van der Waals surface area contributed by atoms with Gasteiger partial charge in [-0.1, -0.05) is 97.1 Å². The minimum atomic E-state index is 0.839. The van der Waals surface area contributed by atoms with E-state index >= 15 is 0 Å². The Bertz CT molecular complexity index is 6340. The van der Waals surface area contributed by atoms with Crippen molar-refractivity contribution in [3.05, 3.63) is 325 Å². The van der Waals surface area contributed by atoms with Gasteiger partial charge in [0.05, 0.1) is 45.6 Å². The molecule has 0 radical (unpaired) electrons. The maximum absolute atomic E-state index is 5.76. The maximum atomic E-state index is 5.76. The van der Waals surface area contributed by atoms with Gasteiger partial charge in [0.1, 0.15) is 0 Å². The molecule has 0 saturated heterocycles. The Morgan fingerprint density at radius 1 is 0.150 bits per heavy atom. The highest BCUT2D eigenvalue weighted by molar-refractivity contribution is 6.03. The number of benzene rings is 8. The first kappa shape index (κ1) is 79.9. The average Bonchev–Trinajstić information content (AvgIpc) is 1.59. The zero-order valence-electron chi connectivity index (χ0n) is 74.8. The van der Waals surface area contributed by atoms with E-state index in [1.807, 2.05) is 0 Å². The van der Waals surface area contributed by atoms with E-state index < -0.39 is 0 Å². The molecule has 18 rings (SSSR count). The fraction of sp³-hybridized carbons (Fsp3) is 0.250. The Balaban J connectivity index is 0.000000171. The Morgan fingerprint density at radius 2 is 0.283 bits per heavy atom. The molecule has 0 amide bonds. The van der Waals surface area contributed by atoms with Crippen LogP contribution >= 0.6 is 0 Å². The van der Waals surface area contributed by atoms with E-state index in [-0.39, 0.29) is 0 Å². The maximum Gasteiger partial charge on any atom is 0.0737 e. The third-order valence-corrected chi connectivity index (χ3v) is 27.6. The highest BCUT2D eigenvalue weighted by Gasteiger charge is 2.30. The first-order valence-corrected chi connectivity index (χ1v) is 43.0. The third kappa shape index (κ3) is 13.6. The monoisotopic (exact) mass is 1570 g/mol. The van der Waals surface area contributed by atoms with Crippen LogP contribution in [0.2, 0.25) is 0 Å². The highest BCUT2D eigenvalue weighted by Crippen LogP contribution is 2.48. The van der Waals surface area contributed by atoms with Gasteiger partial charge in [0.15, 0.2) is 0 Å². The molecule has 8 nitrogen and oxygen atoms in total. The van der Waals surface area contributed by atoms with Gasteiger partial charge < -0.3 is 19.9 Å². The summed E-state index contributed by atoms with van der Waals surface area (Å²) >= 11 is 0. The van der Waals surface area contributed by atoms with Gasteiger partial charge in [-0.3, -0.25) is 9.97 Å². The summed E-state index contributed by atoms with van der Waals surface area (Å²) in [7, 11) is 0. The standard InChI is InChI=1S/2C56H56N4/c2*1-29-13-17-33(5)49(37(29)9)53-41-21-23-43(57-41)54(50-34(6)18-14-30(2)38(50)10)45-25-27-47(59-45)56(52-36(8)20-16-32(4)40(52)12)48-28-26-46(60-48)55(44-24-22-42(53)58-44)51-35(7)19-15-31(3)39(51)11/h2*13-25,27,58-59H,26,28H2,1-12H3. The van der Waals surface area contributed by atoms with Crippen molar-refractivity contribution in [2.45, 2.75) is 192 Å². The van der Waals surface area contributed by atoms with Gasteiger partial charge in [0.2, 0.25) is 0 Å². The Labute approximate surface area is 709 Å². The lowest BCUT2D eigenvalue weighted by molar-refractivity contribution is 1.03. The molecule has 8 heteroatoms. The van der Waals surface area contributed by atoms with E-state index in [9.17, 15) is 0 Å². The number of rotatable bonds is 8. The molecule has 0 fully saturated rings.